The maximum atomic E-state index is 10.8. The number of aldehydes is 1. The van der Waals surface area contributed by atoms with Crippen LogP contribution in [0.4, 0.5) is 0 Å². The molecule has 1 aromatic carbocycles. The normalized spacial score (nSPS) is 12.9. The number of halogens is 1. The number of hydrogen-bond donors (Lipinski definition) is 0. The second kappa shape index (κ2) is 5.13. The van der Waals surface area contributed by atoms with Gasteiger partial charge in [0.1, 0.15) is 6.10 Å². The highest BCUT2D eigenvalue weighted by atomic mass is 35.5. The van der Waals surface area contributed by atoms with Gasteiger partial charge in [0.25, 0.3) is 0 Å². The van der Waals surface area contributed by atoms with Gasteiger partial charge in [-0.3, -0.25) is 0 Å². The molecular weight excluding hydrogens is 200 g/mol. The fraction of sp³-hybridized carbons (Fsp3) is 0.364. The lowest BCUT2D eigenvalue weighted by Crippen LogP contribution is -2.12. The lowest BCUT2D eigenvalue weighted by molar-refractivity contribution is -0.121. The molecule has 2 nitrogen and oxygen atoms in total. The summed E-state index contributed by atoms with van der Waals surface area (Å²) >= 11 is 5.94. The summed E-state index contributed by atoms with van der Waals surface area (Å²) in [6, 6.07) is 7.20. The quantitative estimate of drug-likeness (QED) is 0.718. The van der Waals surface area contributed by atoms with Gasteiger partial charge < -0.3 is 9.53 Å². The third kappa shape index (κ3) is 2.82. The Morgan fingerprint density at radius 2 is 2.00 bits per heavy atom. The summed E-state index contributed by atoms with van der Waals surface area (Å²) in [5.74, 6) is 0. The molecule has 0 aliphatic heterocycles. The SMILES string of the molecule is CC(C)O[C@@H](C=O)c1ccccc1Cl. The van der Waals surface area contributed by atoms with Crippen LogP contribution in [0.1, 0.15) is 25.5 Å². The van der Waals surface area contributed by atoms with Gasteiger partial charge >= 0.3 is 0 Å². The van der Waals surface area contributed by atoms with Crippen LogP contribution in [0, 0.1) is 0 Å². The van der Waals surface area contributed by atoms with E-state index >= 15 is 0 Å². The van der Waals surface area contributed by atoms with E-state index in [4.69, 9.17) is 16.3 Å². The van der Waals surface area contributed by atoms with Crippen molar-refractivity contribution in [1.29, 1.82) is 0 Å². The molecule has 0 bridgehead atoms. The summed E-state index contributed by atoms with van der Waals surface area (Å²) in [7, 11) is 0. The molecule has 0 aromatic heterocycles. The molecule has 3 heteroatoms. The summed E-state index contributed by atoms with van der Waals surface area (Å²) < 4.78 is 5.41. The van der Waals surface area contributed by atoms with Crippen LogP contribution in [0.3, 0.4) is 0 Å². The summed E-state index contributed by atoms with van der Waals surface area (Å²) in [6.07, 6.45) is 0.200. The molecule has 0 saturated carbocycles. The maximum Gasteiger partial charge on any atom is 0.153 e. The smallest absolute Gasteiger partial charge is 0.153 e. The van der Waals surface area contributed by atoms with Gasteiger partial charge in [-0.15, -0.1) is 0 Å². The summed E-state index contributed by atoms with van der Waals surface area (Å²) in [5.41, 5.74) is 0.720. The standard InChI is InChI=1S/C11H13ClO2/c1-8(2)14-11(7-13)9-5-3-4-6-10(9)12/h3-8,11H,1-2H3/t11-/m0/s1. The van der Waals surface area contributed by atoms with E-state index in [0.717, 1.165) is 11.8 Å². The van der Waals surface area contributed by atoms with Crippen LogP contribution >= 0.6 is 11.6 Å². The largest absolute Gasteiger partial charge is 0.363 e. The first-order valence-electron chi connectivity index (χ1n) is 4.50. The van der Waals surface area contributed by atoms with E-state index in [1.807, 2.05) is 26.0 Å². The molecule has 1 rings (SSSR count). The Morgan fingerprint density at radius 3 is 2.50 bits per heavy atom. The maximum absolute atomic E-state index is 10.8. The van der Waals surface area contributed by atoms with Crippen molar-refractivity contribution < 1.29 is 9.53 Å². The number of carbonyl (C=O) groups is 1. The van der Waals surface area contributed by atoms with E-state index in [-0.39, 0.29) is 6.10 Å². The minimum Gasteiger partial charge on any atom is -0.363 e. The highest BCUT2D eigenvalue weighted by molar-refractivity contribution is 6.31. The first kappa shape index (κ1) is 11.2. The first-order chi connectivity index (χ1) is 6.65. The summed E-state index contributed by atoms with van der Waals surface area (Å²) in [5, 5.41) is 0.560. The molecule has 1 atom stereocenters. The van der Waals surface area contributed by atoms with Crippen LogP contribution in [0.5, 0.6) is 0 Å². The number of carbonyl (C=O) groups excluding carboxylic acids is 1. The van der Waals surface area contributed by atoms with Crippen molar-refractivity contribution in [2.24, 2.45) is 0 Å². The highest BCUT2D eigenvalue weighted by Crippen LogP contribution is 2.24. The molecule has 0 N–H and O–H groups in total. The predicted molar refractivity (Wildman–Crippen MR) is 56.5 cm³/mol. The highest BCUT2D eigenvalue weighted by Gasteiger charge is 2.14. The van der Waals surface area contributed by atoms with E-state index in [2.05, 4.69) is 0 Å². The molecule has 76 valence electrons. The van der Waals surface area contributed by atoms with Crippen molar-refractivity contribution in [2.45, 2.75) is 26.1 Å². The van der Waals surface area contributed by atoms with E-state index in [1.54, 1.807) is 12.1 Å². The van der Waals surface area contributed by atoms with Gasteiger partial charge in [0.15, 0.2) is 6.29 Å². The van der Waals surface area contributed by atoms with Crippen molar-refractivity contribution >= 4 is 17.9 Å². The van der Waals surface area contributed by atoms with Crippen molar-refractivity contribution in [2.75, 3.05) is 0 Å². The fourth-order valence-corrected chi connectivity index (χ4v) is 1.42. The van der Waals surface area contributed by atoms with Gasteiger partial charge in [-0.1, -0.05) is 29.8 Å². The van der Waals surface area contributed by atoms with E-state index < -0.39 is 6.10 Å². The molecule has 0 aliphatic rings. The topological polar surface area (TPSA) is 26.3 Å². The lowest BCUT2D eigenvalue weighted by atomic mass is 10.1. The average Bonchev–Trinajstić information content (AvgIpc) is 2.15. The molecule has 0 amide bonds. The Hall–Kier alpha value is -0.860. The Balaban J connectivity index is 2.89. The molecule has 0 fully saturated rings. The van der Waals surface area contributed by atoms with E-state index in [1.165, 1.54) is 0 Å². The van der Waals surface area contributed by atoms with Gasteiger partial charge in [0.05, 0.1) is 6.10 Å². The van der Waals surface area contributed by atoms with Gasteiger partial charge in [-0.05, 0) is 19.9 Å². The Morgan fingerprint density at radius 1 is 1.36 bits per heavy atom. The van der Waals surface area contributed by atoms with Gasteiger partial charge in [0, 0.05) is 10.6 Å². The second-order valence-electron chi connectivity index (χ2n) is 3.26. The van der Waals surface area contributed by atoms with Gasteiger partial charge in [-0.2, -0.15) is 0 Å². The summed E-state index contributed by atoms with van der Waals surface area (Å²) in [4.78, 5) is 10.8. The first-order valence-corrected chi connectivity index (χ1v) is 4.88. The molecule has 0 spiro atoms. The van der Waals surface area contributed by atoms with Crippen molar-refractivity contribution in [3.63, 3.8) is 0 Å². The lowest BCUT2D eigenvalue weighted by Gasteiger charge is -2.16. The van der Waals surface area contributed by atoms with Crippen LogP contribution in [0.25, 0.3) is 0 Å². The van der Waals surface area contributed by atoms with Crippen LogP contribution < -0.4 is 0 Å². The van der Waals surface area contributed by atoms with Gasteiger partial charge in [-0.25, -0.2) is 0 Å². The molecule has 0 saturated heterocycles. The monoisotopic (exact) mass is 212 g/mol. The van der Waals surface area contributed by atoms with Crippen molar-refractivity contribution in [3.05, 3.63) is 34.9 Å². The third-order valence-electron chi connectivity index (χ3n) is 1.75. The zero-order valence-corrected chi connectivity index (χ0v) is 8.99. The zero-order chi connectivity index (χ0) is 10.6. The molecular formula is C11H13ClO2. The molecule has 0 unspecified atom stereocenters. The number of hydrogen-bond acceptors (Lipinski definition) is 2. The Labute approximate surface area is 88.8 Å². The van der Waals surface area contributed by atoms with E-state index in [9.17, 15) is 4.79 Å². The van der Waals surface area contributed by atoms with Gasteiger partial charge in [0.2, 0.25) is 0 Å². The second-order valence-corrected chi connectivity index (χ2v) is 3.67. The number of benzene rings is 1. The van der Waals surface area contributed by atoms with Crippen LogP contribution in [-0.4, -0.2) is 12.4 Å². The molecule has 14 heavy (non-hydrogen) atoms. The molecule has 0 heterocycles. The molecule has 0 radical (unpaired) electrons. The Bertz CT molecular complexity index is 310. The third-order valence-corrected chi connectivity index (χ3v) is 2.10. The molecule has 0 aliphatic carbocycles. The predicted octanol–water partition coefficient (Wildman–Crippen LogP) is 3.01. The Kier molecular flexibility index (Phi) is 4.11. The zero-order valence-electron chi connectivity index (χ0n) is 8.24. The van der Waals surface area contributed by atoms with Crippen LogP contribution in [0.15, 0.2) is 24.3 Å². The summed E-state index contributed by atoms with van der Waals surface area (Å²) in [6.45, 7) is 3.76. The number of rotatable bonds is 4. The number of ether oxygens (including phenoxy) is 1. The minimum absolute atomic E-state index is 0.00136. The fourth-order valence-electron chi connectivity index (χ4n) is 1.18. The van der Waals surface area contributed by atoms with Crippen LogP contribution in [0.2, 0.25) is 5.02 Å². The molecule has 1 aromatic rings. The average molecular weight is 213 g/mol. The van der Waals surface area contributed by atoms with Crippen molar-refractivity contribution in [3.8, 4) is 0 Å². The minimum atomic E-state index is -0.566. The van der Waals surface area contributed by atoms with E-state index in [0.29, 0.717) is 5.02 Å². The van der Waals surface area contributed by atoms with Crippen molar-refractivity contribution in [1.82, 2.24) is 0 Å². The van der Waals surface area contributed by atoms with Crippen LogP contribution in [-0.2, 0) is 9.53 Å².